The SMILES string of the molecule is COc1ccc(CCNC(N)=NCc2ccccc2CN2CCCCC2C)cc1OC. The van der Waals surface area contributed by atoms with E-state index in [9.17, 15) is 0 Å². The van der Waals surface area contributed by atoms with E-state index in [4.69, 9.17) is 15.2 Å². The molecular weight excluding hydrogens is 388 g/mol. The van der Waals surface area contributed by atoms with Crippen molar-refractivity contribution >= 4 is 5.96 Å². The first-order valence-electron chi connectivity index (χ1n) is 11.2. The molecule has 0 spiro atoms. The van der Waals surface area contributed by atoms with Gasteiger partial charge in [0.1, 0.15) is 0 Å². The van der Waals surface area contributed by atoms with E-state index in [1.165, 1.54) is 36.9 Å². The van der Waals surface area contributed by atoms with Gasteiger partial charge < -0.3 is 20.5 Å². The van der Waals surface area contributed by atoms with Crippen molar-refractivity contribution in [3.8, 4) is 11.5 Å². The van der Waals surface area contributed by atoms with Crippen LogP contribution < -0.4 is 20.5 Å². The van der Waals surface area contributed by atoms with E-state index in [1.54, 1.807) is 14.2 Å². The second-order valence-corrected chi connectivity index (χ2v) is 8.15. The summed E-state index contributed by atoms with van der Waals surface area (Å²) in [5.41, 5.74) is 9.87. The van der Waals surface area contributed by atoms with Crippen molar-refractivity contribution in [1.82, 2.24) is 10.2 Å². The monoisotopic (exact) mass is 424 g/mol. The molecule has 1 aliphatic heterocycles. The first kappa shape index (κ1) is 22.9. The fraction of sp³-hybridized carbons (Fsp3) is 0.480. The molecule has 6 nitrogen and oxygen atoms in total. The Hall–Kier alpha value is -2.73. The van der Waals surface area contributed by atoms with Crippen molar-refractivity contribution in [2.24, 2.45) is 10.7 Å². The number of ether oxygens (including phenoxy) is 2. The Morgan fingerprint density at radius 1 is 1.10 bits per heavy atom. The lowest BCUT2D eigenvalue weighted by atomic mass is 10.0. The van der Waals surface area contributed by atoms with Gasteiger partial charge in [0.2, 0.25) is 0 Å². The minimum atomic E-state index is 0.474. The van der Waals surface area contributed by atoms with Crippen molar-refractivity contribution in [2.75, 3.05) is 27.3 Å². The summed E-state index contributed by atoms with van der Waals surface area (Å²) < 4.78 is 10.7. The van der Waals surface area contributed by atoms with Gasteiger partial charge in [-0.3, -0.25) is 4.90 Å². The molecule has 0 bridgehead atoms. The van der Waals surface area contributed by atoms with Crippen LogP contribution in [0.1, 0.15) is 42.9 Å². The van der Waals surface area contributed by atoms with Gasteiger partial charge in [-0.15, -0.1) is 0 Å². The van der Waals surface area contributed by atoms with Gasteiger partial charge in [-0.05, 0) is 61.6 Å². The topological polar surface area (TPSA) is 72.1 Å². The highest BCUT2D eigenvalue weighted by Gasteiger charge is 2.19. The molecule has 2 aromatic rings. The van der Waals surface area contributed by atoms with Crippen LogP contribution in [0.15, 0.2) is 47.5 Å². The Bertz CT molecular complexity index is 868. The van der Waals surface area contributed by atoms with Crippen LogP contribution in [0, 0.1) is 0 Å². The highest BCUT2D eigenvalue weighted by atomic mass is 16.5. The van der Waals surface area contributed by atoms with Crippen LogP contribution >= 0.6 is 0 Å². The van der Waals surface area contributed by atoms with E-state index in [1.807, 2.05) is 18.2 Å². The molecule has 31 heavy (non-hydrogen) atoms. The maximum Gasteiger partial charge on any atom is 0.188 e. The Morgan fingerprint density at radius 3 is 2.61 bits per heavy atom. The van der Waals surface area contributed by atoms with Gasteiger partial charge in [0.15, 0.2) is 17.5 Å². The normalized spacial score (nSPS) is 17.4. The summed E-state index contributed by atoms with van der Waals surface area (Å²) in [6, 6.07) is 15.2. The summed E-state index contributed by atoms with van der Waals surface area (Å²) in [5, 5.41) is 3.22. The second-order valence-electron chi connectivity index (χ2n) is 8.15. The quantitative estimate of drug-likeness (QED) is 0.474. The molecule has 1 unspecified atom stereocenters. The van der Waals surface area contributed by atoms with Crippen LogP contribution in [-0.4, -0.2) is 44.2 Å². The van der Waals surface area contributed by atoms with Gasteiger partial charge >= 0.3 is 0 Å². The summed E-state index contributed by atoms with van der Waals surface area (Å²) in [4.78, 5) is 7.16. The minimum absolute atomic E-state index is 0.474. The average molecular weight is 425 g/mol. The molecule has 0 amide bonds. The molecule has 3 N–H and O–H groups in total. The molecule has 1 aliphatic rings. The van der Waals surface area contributed by atoms with E-state index in [-0.39, 0.29) is 0 Å². The van der Waals surface area contributed by atoms with Crippen molar-refractivity contribution < 1.29 is 9.47 Å². The fourth-order valence-electron chi connectivity index (χ4n) is 4.07. The first-order valence-corrected chi connectivity index (χ1v) is 11.2. The number of nitrogens with two attached hydrogens (primary N) is 1. The van der Waals surface area contributed by atoms with Gasteiger partial charge in [-0.1, -0.05) is 36.8 Å². The lowest BCUT2D eigenvalue weighted by Gasteiger charge is -2.33. The number of hydrogen-bond acceptors (Lipinski definition) is 4. The van der Waals surface area contributed by atoms with Gasteiger partial charge in [-0.25, -0.2) is 4.99 Å². The molecule has 0 aromatic heterocycles. The Labute approximate surface area is 186 Å². The summed E-state index contributed by atoms with van der Waals surface area (Å²) in [5.74, 6) is 1.95. The highest BCUT2D eigenvalue weighted by Crippen LogP contribution is 2.27. The highest BCUT2D eigenvalue weighted by molar-refractivity contribution is 5.77. The molecule has 1 fully saturated rings. The molecule has 168 valence electrons. The zero-order valence-electron chi connectivity index (χ0n) is 19.1. The zero-order chi connectivity index (χ0) is 22.1. The van der Waals surface area contributed by atoms with Crippen molar-refractivity contribution in [3.05, 3.63) is 59.2 Å². The molecule has 0 radical (unpaired) electrons. The number of likely N-dealkylation sites (tertiary alicyclic amines) is 1. The van der Waals surface area contributed by atoms with E-state index in [0.717, 1.165) is 30.0 Å². The number of nitrogens with one attached hydrogen (secondary N) is 1. The number of aliphatic imine (C=N–C) groups is 1. The van der Waals surface area contributed by atoms with Crippen LogP contribution in [0.5, 0.6) is 11.5 Å². The molecule has 0 aliphatic carbocycles. The van der Waals surface area contributed by atoms with Crippen LogP contribution in [-0.2, 0) is 19.5 Å². The largest absolute Gasteiger partial charge is 0.493 e. The molecule has 6 heteroatoms. The van der Waals surface area contributed by atoms with Gasteiger partial charge in [-0.2, -0.15) is 0 Å². The molecule has 3 rings (SSSR count). The predicted molar refractivity (Wildman–Crippen MR) is 127 cm³/mol. The van der Waals surface area contributed by atoms with E-state index in [0.29, 0.717) is 25.1 Å². The van der Waals surface area contributed by atoms with Crippen LogP contribution in [0.2, 0.25) is 0 Å². The molecule has 1 atom stereocenters. The van der Waals surface area contributed by atoms with Crippen LogP contribution in [0.4, 0.5) is 0 Å². The van der Waals surface area contributed by atoms with E-state index >= 15 is 0 Å². The lowest BCUT2D eigenvalue weighted by molar-refractivity contribution is 0.152. The number of hydrogen-bond donors (Lipinski definition) is 2. The van der Waals surface area contributed by atoms with E-state index < -0.39 is 0 Å². The number of guanidine groups is 1. The van der Waals surface area contributed by atoms with Gasteiger partial charge in [0, 0.05) is 19.1 Å². The smallest absolute Gasteiger partial charge is 0.188 e. The number of methoxy groups -OCH3 is 2. The number of piperidine rings is 1. The van der Waals surface area contributed by atoms with Crippen molar-refractivity contribution in [2.45, 2.75) is 51.7 Å². The molecule has 0 saturated carbocycles. The van der Waals surface area contributed by atoms with Gasteiger partial charge in [0.25, 0.3) is 0 Å². The summed E-state index contributed by atoms with van der Waals surface area (Å²) in [6.07, 6.45) is 4.74. The maximum atomic E-state index is 6.13. The van der Waals surface area contributed by atoms with Crippen molar-refractivity contribution in [3.63, 3.8) is 0 Å². The Kier molecular flexibility index (Phi) is 8.59. The van der Waals surface area contributed by atoms with E-state index in [2.05, 4.69) is 46.4 Å². The third-order valence-electron chi connectivity index (χ3n) is 6.02. The van der Waals surface area contributed by atoms with Crippen LogP contribution in [0.25, 0.3) is 0 Å². The second kappa shape index (κ2) is 11.6. The summed E-state index contributed by atoms with van der Waals surface area (Å²) in [7, 11) is 3.29. The minimum Gasteiger partial charge on any atom is -0.493 e. The Balaban J connectivity index is 1.52. The zero-order valence-corrected chi connectivity index (χ0v) is 19.1. The predicted octanol–water partition coefficient (Wildman–Crippen LogP) is 3.73. The first-order chi connectivity index (χ1) is 15.1. The number of rotatable bonds is 9. The lowest BCUT2D eigenvalue weighted by Crippen LogP contribution is -2.37. The third-order valence-corrected chi connectivity index (χ3v) is 6.02. The maximum absolute atomic E-state index is 6.13. The molecule has 2 aromatic carbocycles. The molecule has 1 saturated heterocycles. The Morgan fingerprint density at radius 2 is 1.87 bits per heavy atom. The summed E-state index contributed by atoms with van der Waals surface area (Å²) in [6.45, 7) is 5.80. The average Bonchev–Trinajstić information content (AvgIpc) is 2.80. The van der Waals surface area contributed by atoms with Gasteiger partial charge in [0.05, 0.1) is 20.8 Å². The number of benzene rings is 2. The third kappa shape index (κ3) is 6.62. The van der Waals surface area contributed by atoms with Crippen LogP contribution in [0.3, 0.4) is 0 Å². The molecule has 1 heterocycles. The summed E-state index contributed by atoms with van der Waals surface area (Å²) >= 11 is 0. The fourth-order valence-corrected chi connectivity index (χ4v) is 4.07. The standard InChI is InChI=1S/C25H36N4O2/c1-19-8-6-7-15-29(19)18-22-10-5-4-9-21(22)17-28-25(26)27-14-13-20-11-12-23(30-2)24(16-20)31-3/h4-5,9-12,16,19H,6-8,13-15,17-18H2,1-3H3,(H3,26,27,28). The number of nitrogens with zero attached hydrogens (tertiary/aromatic N) is 2. The van der Waals surface area contributed by atoms with Crippen molar-refractivity contribution in [1.29, 1.82) is 0 Å². The molecular formula is C25H36N4O2.